The Morgan fingerprint density at radius 1 is 1.56 bits per heavy atom. The first kappa shape index (κ1) is 14.0. The van der Waals surface area contributed by atoms with E-state index in [0.29, 0.717) is 17.7 Å². The van der Waals surface area contributed by atoms with Gasteiger partial charge in [0.2, 0.25) is 0 Å². The lowest BCUT2D eigenvalue weighted by atomic mass is 10.1. The van der Waals surface area contributed by atoms with Crippen molar-refractivity contribution in [2.75, 3.05) is 13.6 Å². The van der Waals surface area contributed by atoms with E-state index in [0.717, 1.165) is 0 Å². The Morgan fingerprint density at radius 3 is 2.83 bits per heavy atom. The quantitative estimate of drug-likeness (QED) is 0.368. The van der Waals surface area contributed by atoms with Crippen molar-refractivity contribution in [1.29, 1.82) is 0 Å². The number of amidine groups is 1. The van der Waals surface area contributed by atoms with Crippen LogP contribution in [0.2, 0.25) is 0 Å². The van der Waals surface area contributed by atoms with Crippen LogP contribution < -0.4 is 5.73 Å². The monoisotopic (exact) mass is 253 g/mol. The normalized spacial score (nSPS) is 11.4. The second kappa shape index (κ2) is 6.00. The molecule has 0 saturated carbocycles. The van der Waals surface area contributed by atoms with E-state index in [1.165, 1.54) is 17.0 Å². The van der Waals surface area contributed by atoms with Crippen molar-refractivity contribution in [3.8, 4) is 0 Å². The molecule has 1 aromatic carbocycles. The standard InChI is InChI=1S/C12H16FN3O2/c1-8-3-4-9(13)7-10(8)12(17)16(2)6-5-11(14)15-18/h3-4,7,18H,5-6H2,1-2H3,(H2,14,15). The van der Waals surface area contributed by atoms with Gasteiger partial charge in [-0.2, -0.15) is 0 Å². The van der Waals surface area contributed by atoms with E-state index in [1.54, 1.807) is 20.0 Å². The topological polar surface area (TPSA) is 78.9 Å². The summed E-state index contributed by atoms with van der Waals surface area (Å²) >= 11 is 0. The highest BCUT2D eigenvalue weighted by molar-refractivity contribution is 5.95. The van der Waals surface area contributed by atoms with Gasteiger partial charge in [0, 0.05) is 25.6 Å². The van der Waals surface area contributed by atoms with Crippen LogP contribution in [0, 0.1) is 12.7 Å². The summed E-state index contributed by atoms with van der Waals surface area (Å²) in [5.74, 6) is -0.697. The molecule has 0 saturated heterocycles. The Balaban J connectivity index is 2.77. The first-order chi connectivity index (χ1) is 8.45. The van der Waals surface area contributed by atoms with Crippen molar-refractivity contribution in [2.45, 2.75) is 13.3 Å². The summed E-state index contributed by atoms with van der Waals surface area (Å²) in [4.78, 5) is 13.4. The molecule has 0 radical (unpaired) electrons. The third kappa shape index (κ3) is 3.44. The zero-order valence-electron chi connectivity index (χ0n) is 10.4. The maximum absolute atomic E-state index is 13.1. The van der Waals surface area contributed by atoms with E-state index < -0.39 is 5.82 Å². The molecule has 1 rings (SSSR count). The summed E-state index contributed by atoms with van der Waals surface area (Å²) in [5.41, 5.74) is 6.34. The molecule has 0 aliphatic heterocycles. The van der Waals surface area contributed by atoms with E-state index in [9.17, 15) is 9.18 Å². The lowest BCUT2D eigenvalue weighted by Gasteiger charge is -2.18. The molecule has 0 atom stereocenters. The van der Waals surface area contributed by atoms with E-state index >= 15 is 0 Å². The van der Waals surface area contributed by atoms with Crippen LogP contribution in [-0.2, 0) is 0 Å². The van der Waals surface area contributed by atoms with Crippen molar-refractivity contribution in [3.05, 3.63) is 35.1 Å². The summed E-state index contributed by atoms with van der Waals surface area (Å²) < 4.78 is 13.1. The van der Waals surface area contributed by atoms with Crippen molar-refractivity contribution in [3.63, 3.8) is 0 Å². The molecule has 0 spiro atoms. The molecule has 0 aromatic heterocycles. The van der Waals surface area contributed by atoms with Crippen molar-refractivity contribution in [1.82, 2.24) is 4.90 Å². The lowest BCUT2D eigenvalue weighted by molar-refractivity contribution is 0.0797. The van der Waals surface area contributed by atoms with E-state index in [-0.39, 0.29) is 18.2 Å². The molecule has 0 unspecified atom stereocenters. The number of hydrogen-bond acceptors (Lipinski definition) is 3. The number of amides is 1. The second-order valence-corrected chi connectivity index (χ2v) is 4.03. The van der Waals surface area contributed by atoms with Crippen LogP contribution in [0.15, 0.2) is 23.4 Å². The third-order valence-electron chi connectivity index (χ3n) is 2.61. The molecular weight excluding hydrogens is 237 g/mol. The molecule has 3 N–H and O–H groups in total. The fraction of sp³-hybridized carbons (Fsp3) is 0.333. The lowest BCUT2D eigenvalue weighted by Crippen LogP contribution is -2.31. The van der Waals surface area contributed by atoms with Crippen LogP contribution in [0.1, 0.15) is 22.3 Å². The molecule has 0 bridgehead atoms. The number of nitrogens with two attached hydrogens (primary N) is 1. The first-order valence-electron chi connectivity index (χ1n) is 5.43. The van der Waals surface area contributed by atoms with Crippen LogP contribution in [0.25, 0.3) is 0 Å². The van der Waals surface area contributed by atoms with Gasteiger partial charge < -0.3 is 15.8 Å². The molecule has 6 heteroatoms. The van der Waals surface area contributed by atoms with Gasteiger partial charge in [0.1, 0.15) is 11.7 Å². The van der Waals surface area contributed by atoms with Gasteiger partial charge in [-0.05, 0) is 24.6 Å². The molecule has 0 aliphatic rings. The number of aryl methyl sites for hydroxylation is 1. The molecule has 1 amide bonds. The van der Waals surface area contributed by atoms with Gasteiger partial charge >= 0.3 is 0 Å². The third-order valence-corrected chi connectivity index (χ3v) is 2.61. The number of carbonyl (C=O) groups is 1. The Bertz CT molecular complexity index is 474. The van der Waals surface area contributed by atoms with Crippen molar-refractivity contribution in [2.24, 2.45) is 10.9 Å². The fourth-order valence-electron chi connectivity index (χ4n) is 1.46. The summed E-state index contributed by atoms with van der Waals surface area (Å²) in [5, 5.41) is 11.2. The molecule has 1 aromatic rings. The summed E-state index contributed by atoms with van der Waals surface area (Å²) in [6, 6.07) is 4.07. The van der Waals surface area contributed by atoms with Gasteiger partial charge in [-0.25, -0.2) is 4.39 Å². The van der Waals surface area contributed by atoms with Gasteiger partial charge in [0.25, 0.3) is 5.91 Å². The highest BCUT2D eigenvalue weighted by Gasteiger charge is 2.15. The molecular formula is C12H16FN3O2. The summed E-state index contributed by atoms with van der Waals surface area (Å²) in [6.45, 7) is 2.04. The Labute approximate surface area is 105 Å². The average Bonchev–Trinajstić information content (AvgIpc) is 2.37. The highest BCUT2D eigenvalue weighted by Crippen LogP contribution is 2.12. The predicted molar refractivity (Wildman–Crippen MR) is 66.1 cm³/mol. The number of carbonyl (C=O) groups excluding carboxylic acids is 1. The van der Waals surface area contributed by atoms with Crippen LogP contribution in [0.4, 0.5) is 4.39 Å². The van der Waals surface area contributed by atoms with Crippen LogP contribution in [-0.4, -0.2) is 35.4 Å². The van der Waals surface area contributed by atoms with Crippen LogP contribution >= 0.6 is 0 Å². The number of halogens is 1. The molecule has 0 fully saturated rings. The minimum Gasteiger partial charge on any atom is -0.409 e. The fourth-order valence-corrected chi connectivity index (χ4v) is 1.46. The Hall–Kier alpha value is -2.11. The van der Waals surface area contributed by atoms with Crippen molar-refractivity contribution < 1.29 is 14.4 Å². The number of nitrogens with zero attached hydrogens (tertiary/aromatic N) is 2. The summed E-state index contributed by atoms with van der Waals surface area (Å²) in [7, 11) is 1.58. The van der Waals surface area contributed by atoms with Crippen LogP contribution in [0.5, 0.6) is 0 Å². The van der Waals surface area contributed by atoms with Crippen molar-refractivity contribution >= 4 is 11.7 Å². The van der Waals surface area contributed by atoms with Crippen LogP contribution in [0.3, 0.4) is 0 Å². The molecule has 0 aliphatic carbocycles. The zero-order chi connectivity index (χ0) is 13.7. The van der Waals surface area contributed by atoms with E-state index in [2.05, 4.69) is 5.16 Å². The first-order valence-corrected chi connectivity index (χ1v) is 5.43. The van der Waals surface area contributed by atoms with E-state index in [4.69, 9.17) is 10.9 Å². The number of oxime groups is 1. The minimum atomic E-state index is -0.450. The van der Waals surface area contributed by atoms with Gasteiger partial charge in [-0.3, -0.25) is 4.79 Å². The smallest absolute Gasteiger partial charge is 0.253 e. The predicted octanol–water partition coefficient (Wildman–Crippen LogP) is 1.34. The Kier molecular flexibility index (Phi) is 4.65. The van der Waals surface area contributed by atoms with E-state index in [1.807, 2.05) is 0 Å². The second-order valence-electron chi connectivity index (χ2n) is 4.03. The van der Waals surface area contributed by atoms with Gasteiger partial charge in [0.05, 0.1) is 0 Å². The van der Waals surface area contributed by atoms with Gasteiger partial charge in [0.15, 0.2) is 0 Å². The van der Waals surface area contributed by atoms with Gasteiger partial charge in [-0.15, -0.1) is 0 Å². The zero-order valence-corrected chi connectivity index (χ0v) is 10.4. The number of hydrogen-bond donors (Lipinski definition) is 2. The number of benzene rings is 1. The molecule has 98 valence electrons. The SMILES string of the molecule is Cc1ccc(F)cc1C(=O)N(C)CC/C(N)=N/O. The minimum absolute atomic E-state index is 0.0469. The molecule has 18 heavy (non-hydrogen) atoms. The molecule has 0 heterocycles. The molecule has 5 nitrogen and oxygen atoms in total. The highest BCUT2D eigenvalue weighted by atomic mass is 19.1. The average molecular weight is 253 g/mol. The Morgan fingerprint density at radius 2 is 2.22 bits per heavy atom. The summed E-state index contributed by atoms with van der Waals surface area (Å²) in [6.07, 6.45) is 0.257. The maximum atomic E-state index is 13.1. The number of rotatable bonds is 4. The van der Waals surface area contributed by atoms with Gasteiger partial charge in [-0.1, -0.05) is 11.2 Å². The maximum Gasteiger partial charge on any atom is 0.253 e. The largest absolute Gasteiger partial charge is 0.409 e.